The molecule has 0 bridgehead atoms. The van der Waals surface area contributed by atoms with Crippen LogP contribution < -0.4 is 10.2 Å². The number of anilines is 2. The second kappa shape index (κ2) is 8.37. The Hall–Kier alpha value is -2.64. The summed E-state index contributed by atoms with van der Waals surface area (Å²) in [7, 11) is 0. The number of nitro benzene ring substituents is 1. The molecule has 27 heavy (non-hydrogen) atoms. The zero-order valence-electron chi connectivity index (χ0n) is 15.0. The van der Waals surface area contributed by atoms with Crippen molar-refractivity contribution in [3.8, 4) is 0 Å². The van der Waals surface area contributed by atoms with E-state index < -0.39 is 11.0 Å². The van der Waals surface area contributed by atoms with Gasteiger partial charge in [-0.3, -0.25) is 19.8 Å². The average Bonchev–Trinajstić information content (AvgIpc) is 2.68. The van der Waals surface area contributed by atoms with Gasteiger partial charge in [0.15, 0.2) is 0 Å². The van der Waals surface area contributed by atoms with Crippen LogP contribution in [0.15, 0.2) is 48.5 Å². The number of carbonyl (C=O) groups excluding carboxylic acids is 1. The van der Waals surface area contributed by atoms with Crippen molar-refractivity contribution >= 4 is 34.6 Å². The molecule has 1 fully saturated rings. The quantitative estimate of drug-likeness (QED) is 0.627. The van der Waals surface area contributed by atoms with E-state index in [-0.39, 0.29) is 17.3 Å². The fraction of sp³-hybridized carbons (Fsp3) is 0.316. The summed E-state index contributed by atoms with van der Waals surface area (Å²) in [6, 6.07) is 13.5. The number of benzene rings is 2. The van der Waals surface area contributed by atoms with Crippen LogP contribution in [0.1, 0.15) is 6.92 Å². The molecule has 1 heterocycles. The minimum atomic E-state index is -0.497. The first-order valence-electron chi connectivity index (χ1n) is 8.75. The van der Waals surface area contributed by atoms with E-state index in [2.05, 4.69) is 15.1 Å². The summed E-state index contributed by atoms with van der Waals surface area (Å²) >= 11 is 6.26. The minimum Gasteiger partial charge on any atom is -0.368 e. The molecular weight excluding hydrogens is 368 g/mol. The summed E-state index contributed by atoms with van der Waals surface area (Å²) in [5.74, 6) is -0.254. The first-order valence-corrected chi connectivity index (χ1v) is 9.13. The molecular formula is C19H21ClN4O3. The van der Waals surface area contributed by atoms with Crippen LogP contribution in [0.5, 0.6) is 0 Å². The number of rotatable bonds is 5. The molecule has 0 aromatic heterocycles. The Labute approximate surface area is 162 Å². The van der Waals surface area contributed by atoms with Gasteiger partial charge in [0.1, 0.15) is 5.69 Å². The van der Waals surface area contributed by atoms with E-state index in [1.54, 1.807) is 12.1 Å². The van der Waals surface area contributed by atoms with Gasteiger partial charge in [-0.15, -0.1) is 0 Å². The van der Waals surface area contributed by atoms with Crippen LogP contribution in [0.3, 0.4) is 0 Å². The van der Waals surface area contributed by atoms with Gasteiger partial charge in [0.25, 0.3) is 5.69 Å². The van der Waals surface area contributed by atoms with E-state index in [1.807, 2.05) is 31.2 Å². The van der Waals surface area contributed by atoms with Crippen molar-refractivity contribution in [1.82, 2.24) is 4.90 Å². The number of hydrogen-bond donors (Lipinski definition) is 1. The van der Waals surface area contributed by atoms with Crippen LogP contribution >= 0.6 is 11.6 Å². The van der Waals surface area contributed by atoms with Crippen molar-refractivity contribution in [3.63, 3.8) is 0 Å². The van der Waals surface area contributed by atoms with Gasteiger partial charge in [0.2, 0.25) is 5.91 Å². The van der Waals surface area contributed by atoms with Crippen LogP contribution in [0.2, 0.25) is 5.02 Å². The molecule has 2 aromatic carbocycles. The van der Waals surface area contributed by atoms with Crippen molar-refractivity contribution in [3.05, 3.63) is 63.7 Å². The lowest BCUT2D eigenvalue weighted by Crippen LogP contribution is -2.52. The van der Waals surface area contributed by atoms with Gasteiger partial charge in [-0.05, 0) is 25.1 Å². The number of nitro groups is 1. The second-order valence-electron chi connectivity index (χ2n) is 6.41. The number of hydrogen-bond acceptors (Lipinski definition) is 5. The molecule has 0 saturated carbocycles. The van der Waals surface area contributed by atoms with Gasteiger partial charge in [0.05, 0.1) is 21.7 Å². The highest BCUT2D eigenvalue weighted by Gasteiger charge is 2.27. The van der Waals surface area contributed by atoms with Crippen molar-refractivity contribution in [2.24, 2.45) is 0 Å². The molecule has 2 aromatic rings. The summed E-state index contributed by atoms with van der Waals surface area (Å²) in [4.78, 5) is 27.5. The summed E-state index contributed by atoms with van der Waals surface area (Å²) in [5.41, 5.74) is 1.10. The van der Waals surface area contributed by atoms with Gasteiger partial charge in [-0.2, -0.15) is 0 Å². The lowest BCUT2D eigenvalue weighted by atomic mass is 10.2. The zero-order valence-corrected chi connectivity index (χ0v) is 15.7. The molecule has 7 nitrogen and oxygen atoms in total. The molecule has 1 N–H and O–H groups in total. The van der Waals surface area contributed by atoms with E-state index in [4.69, 9.17) is 11.6 Å². The van der Waals surface area contributed by atoms with E-state index >= 15 is 0 Å². The monoisotopic (exact) mass is 388 g/mol. The maximum Gasteiger partial charge on any atom is 0.292 e. The third-order valence-corrected chi connectivity index (χ3v) is 5.11. The third-order valence-electron chi connectivity index (χ3n) is 4.79. The lowest BCUT2D eigenvalue weighted by molar-refractivity contribution is -0.383. The van der Waals surface area contributed by atoms with Crippen molar-refractivity contribution in [1.29, 1.82) is 0 Å². The molecule has 0 radical (unpaired) electrons. The summed E-state index contributed by atoms with van der Waals surface area (Å²) in [6.07, 6.45) is 0. The van der Waals surface area contributed by atoms with Crippen molar-refractivity contribution in [2.45, 2.75) is 13.0 Å². The highest BCUT2D eigenvalue weighted by Crippen LogP contribution is 2.27. The van der Waals surface area contributed by atoms with Crippen molar-refractivity contribution in [2.75, 3.05) is 36.4 Å². The Morgan fingerprint density at radius 1 is 1.11 bits per heavy atom. The molecule has 1 atom stereocenters. The van der Waals surface area contributed by atoms with Gasteiger partial charge in [0, 0.05) is 32.2 Å². The first kappa shape index (κ1) is 19.1. The van der Waals surface area contributed by atoms with E-state index in [9.17, 15) is 14.9 Å². The van der Waals surface area contributed by atoms with E-state index in [0.717, 1.165) is 18.8 Å². The number of amides is 1. The highest BCUT2D eigenvalue weighted by atomic mass is 35.5. The molecule has 8 heteroatoms. The third kappa shape index (κ3) is 4.37. The Morgan fingerprint density at radius 3 is 2.41 bits per heavy atom. The highest BCUT2D eigenvalue weighted by molar-refractivity contribution is 6.33. The number of carbonyl (C=O) groups is 1. The number of nitrogens with zero attached hydrogens (tertiary/aromatic N) is 3. The van der Waals surface area contributed by atoms with E-state index in [0.29, 0.717) is 18.1 Å². The molecule has 1 aliphatic rings. The van der Waals surface area contributed by atoms with Crippen LogP contribution in [-0.4, -0.2) is 48.0 Å². The minimum absolute atomic E-state index is 0.110. The molecule has 0 spiro atoms. The molecule has 1 unspecified atom stereocenters. The van der Waals surface area contributed by atoms with Gasteiger partial charge in [-0.1, -0.05) is 35.9 Å². The molecule has 1 amide bonds. The zero-order chi connectivity index (χ0) is 19.4. The van der Waals surface area contributed by atoms with Gasteiger partial charge >= 0.3 is 0 Å². The summed E-state index contributed by atoms with van der Waals surface area (Å²) < 4.78 is 0. The number of piperazine rings is 1. The predicted octanol–water partition coefficient (Wildman–Crippen LogP) is 3.40. The topological polar surface area (TPSA) is 78.7 Å². The normalized spacial score (nSPS) is 16.0. The largest absolute Gasteiger partial charge is 0.368 e. The smallest absolute Gasteiger partial charge is 0.292 e. The average molecular weight is 389 g/mol. The second-order valence-corrected chi connectivity index (χ2v) is 6.82. The summed E-state index contributed by atoms with van der Waals surface area (Å²) in [6.45, 7) is 4.74. The fourth-order valence-electron chi connectivity index (χ4n) is 3.20. The SMILES string of the molecule is CC(C(=O)Nc1ccccc1[N+](=O)[O-])N1CCN(c2ccccc2Cl)CC1. The lowest BCUT2D eigenvalue weighted by Gasteiger charge is -2.38. The number of halogens is 1. The number of para-hydroxylation sites is 3. The Balaban J connectivity index is 1.61. The molecule has 142 valence electrons. The maximum atomic E-state index is 12.6. The Bertz CT molecular complexity index is 837. The first-order chi connectivity index (χ1) is 13.0. The fourth-order valence-corrected chi connectivity index (χ4v) is 3.46. The van der Waals surface area contributed by atoms with Crippen LogP contribution in [0, 0.1) is 10.1 Å². The number of nitrogens with one attached hydrogen (secondary N) is 1. The Morgan fingerprint density at radius 2 is 1.74 bits per heavy atom. The molecule has 0 aliphatic carbocycles. The van der Waals surface area contributed by atoms with Gasteiger partial charge in [-0.25, -0.2) is 0 Å². The molecule has 3 rings (SSSR count). The molecule has 1 aliphatic heterocycles. The van der Waals surface area contributed by atoms with Crippen LogP contribution in [0.4, 0.5) is 17.1 Å². The van der Waals surface area contributed by atoms with E-state index in [1.165, 1.54) is 12.1 Å². The molecule has 1 saturated heterocycles. The van der Waals surface area contributed by atoms with Gasteiger partial charge < -0.3 is 10.2 Å². The summed E-state index contributed by atoms with van der Waals surface area (Å²) in [5, 5.41) is 14.5. The predicted molar refractivity (Wildman–Crippen MR) is 106 cm³/mol. The standard InChI is InChI=1S/C19H21ClN4O3/c1-14(19(25)21-16-7-3-5-9-18(16)24(26)27)22-10-12-23(13-11-22)17-8-4-2-6-15(17)20/h2-9,14H,10-13H2,1H3,(H,21,25). The Kier molecular flexibility index (Phi) is 5.93. The van der Waals surface area contributed by atoms with Crippen LogP contribution in [0.25, 0.3) is 0 Å². The maximum absolute atomic E-state index is 12.6. The van der Waals surface area contributed by atoms with Crippen molar-refractivity contribution < 1.29 is 9.72 Å². The van der Waals surface area contributed by atoms with Crippen LogP contribution in [-0.2, 0) is 4.79 Å².